The Labute approximate surface area is 116 Å². The van der Waals surface area contributed by atoms with Crippen LogP contribution in [0.2, 0.25) is 0 Å². The highest BCUT2D eigenvalue weighted by molar-refractivity contribution is 5.98. The van der Waals surface area contributed by atoms with Crippen LogP contribution < -0.4 is 4.74 Å². The van der Waals surface area contributed by atoms with Gasteiger partial charge < -0.3 is 9.84 Å². The quantitative estimate of drug-likeness (QED) is 0.526. The minimum absolute atomic E-state index is 0.163. The number of carbonyl (C=O) groups excluding carboxylic acids is 2. The summed E-state index contributed by atoms with van der Waals surface area (Å²) in [4.78, 5) is 23.4. The molecule has 0 radical (unpaired) electrons. The van der Waals surface area contributed by atoms with E-state index in [4.69, 9.17) is 4.74 Å². The second-order valence-corrected chi connectivity index (χ2v) is 4.21. The third kappa shape index (κ3) is 3.03. The summed E-state index contributed by atoms with van der Waals surface area (Å²) in [6.45, 7) is 1.71. The van der Waals surface area contributed by atoms with Crippen LogP contribution in [0, 0.1) is 0 Å². The maximum absolute atomic E-state index is 11.8. The first-order chi connectivity index (χ1) is 9.61. The van der Waals surface area contributed by atoms with E-state index in [2.05, 4.69) is 0 Å². The molecule has 0 atom stereocenters. The first-order valence-electron chi connectivity index (χ1n) is 6.25. The van der Waals surface area contributed by atoms with Gasteiger partial charge in [-0.05, 0) is 24.3 Å². The molecular weight excluding hydrogens is 256 g/mol. The molecule has 0 saturated carbocycles. The summed E-state index contributed by atoms with van der Waals surface area (Å²) in [6.07, 6.45) is 0.302. The van der Waals surface area contributed by atoms with Gasteiger partial charge in [0.15, 0.2) is 5.78 Å². The van der Waals surface area contributed by atoms with Gasteiger partial charge in [0.1, 0.15) is 11.5 Å². The maximum Gasteiger partial charge on any atom is 0.343 e. The first kappa shape index (κ1) is 13.8. The molecule has 2 aromatic carbocycles. The van der Waals surface area contributed by atoms with E-state index < -0.39 is 5.97 Å². The molecule has 4 heteroatoms. The lowest BCUT2D eigenvalue weighted by atomic mass is 10.1. The molecule has 0 spiro atoms. The molecule has 0 heterocycles. The van der Waals surface area contributed by atoms with Gasteiger partial charge in [-0.15, -0.1) is 0 Å². The van der Waals surface area contributed by atoms with Gasteiger partial charge in [-0.1, -0.05) is 25.1 Å². The van der Waals surface area contributed by atoms with Crippen LogP contribution in [0.3, 0.4) is 0 Å². The number of benzene rings is 2. The molecule has 2 rings (SSSR count). The van der Waals surface area contributed by atoms with Gasteiger partial charge in [-0.3, -0.25) is 4.79 Å². The van der Waals surface area contributed by atoms with Gasteiger partial charge >= 0.3 is 5.97 Å². The topological polar surface area (TPSA) is 63.6 Å². The number of phenols is 1. The molecule has 0 fully saturated rings. The molecule has 0 unspecified atom stereocenters. The van der Waals surface area contributed by atoms with Crippen molar-refractivity contribution in [2.75, 3.05) is 0 Å². The third-order valence-electron chi connectivity index (χ3n) is 2.81. The van der Waals surface area contributed by atoms with Crippen LogP contribution >= 0.6 is 0 Å². The van der Waals surface area contributed by atoms with Gasteiger partial charge in [-0.2, -0.15) is 0 Å². The molecule has 0 aliphatic heterocycles. The van der Waals surface area contributed by atoms with Crippen molar-refractivity contribution in [1.29, 1.82) is 0 Å². The predicted octanol–water partition coefficient (Wildman–Crippen LogP) is 3.20. The lowest BCUT2D eigenvalue weighted by Gasteiger charge is -2.07. The fourth-order valence-corrected chi connectivity index (χ4v) is 1.74. The Kier molecular flexibility index (Phi) is 4.15. The Bertz CT molecular complexity index is 632. The average Bonchev–Trinajstić information content (AvgIpc) is 2.47. The number of carbonyl (C=O) groups is 2. The minimum Gasteiger partial charge on any atom is -0.507 e. The standard InChI is InChI=1S/C16H14O4/c1-2-14(17)13-9-8-12(10-15(13)18)20-16(19)11-6-4-3-5-7-11/h3-10,18H,2H2,1H3. The number of esters is 1. The van der Waals surface area contributed by atoms with E-state index in [0.717, 1.165) is 0 Å². The van der Waals surface area contributed by atoms with Crippen molar-refractivity contribution >= 4 is 11.8 Å². The molecule has 102 valence electrons. The minimum atomic E-state index is -0.514. The summed E-state index contributed by atoms with van der Waals surface area (Å²) in [5.74, 6) is -0.665. The van der Waals surface area contributed by atoms with Crippen LogP contribution in [-0.4, -0.2) is 16.9 Å². The number of hydrogen-bond donors (Lipinski definition) is 1. The van der Waals surface area contributed by atoms with Crippen LogP contribution in [0.5, 0.6) is 11.5 Å². The van der Waals surface area contributed by atoms with Gasteiger partial charge in [-0.25, -0.2) is 4.79 Å². The zero-order chi connectivity index (χ0) is 14.5. The molecule has 1 N–H and O–H groups in total. The van der Waals surface area contributed by atoms with Crippen LogP contribution in [0.15, 0.2) is 48.5 Å². The van der Waals surface area contributed by atoms with Crippen molar-refractivity contribution in [3.8, 4) is 11.5 Å². The highest BCUT2D eigenvalue weighted by Crippen LogP contribution is 2.25. The van der Waals surface area contributed by atoms with Crippen molar-refractivity contribution in [3.63, 3.8) is 0 Å². The Morgan fingerprint density at radius 2 is 1.80 bits per heavy atom. The zero-order valence-corrected chi connectivity index (χ0v) is 11.0. The number of phenolic OH excluding ortho intramolecular Hbond substituents is 1. The van der Waals surface area contributed by atoms with Crippen LogP contribution in [0.4, 0.5) is 0 Å². The number of hydrogen-bond acceptors (Lipinski definition) is 4. The van der Waals surface area contributed by atoms with E-state index in [1.54, 1.807) is 37.3 Å². The number of Topliss-reactive ketones (excluding diaryl/α,β-unsaturated/α-hetero) is 1. The molecule has 0 aliphatic rings. The largest absolute Gasteiger partial charge is 0.507 e. The summed E-state index contributed by atoms with van der Waals surface area (Å²) >= 11 is 0. The summed E-state index contributed by atoms with van der Waals surface area (Å²) < 4.78 is 5.14. The monoisotopic (exact) mass is 270 g/mol. The lowest BCUT2D eigenvalue weighted by Crippen LogP contribution is -2.08. The molecule has 4 nitrogen and oxygen atoms in total. The van der Waals surface area contributed by atoms with E-state index in [0.29, 0.717) is 12.0 Å². The summed E-state index contributed by atoms with van der Waals surface area (Å²) in [7, 11) is 0. The molecule has 2 aromatic rings. The van der Waals surface area contributed by atoms with Crippen LogP contribution in [-0.2, 0) is 0 Å². The fourth-order valence-electron chi connectivity index (χ4n) is 1.74. The number of aromatic hydroxyl groups is 1. The molecule has 0 saturated heterocycles. The number of rotatable bonds is 4. The highest BCUT2D eigenvalue weighted by atomic mass is 16.5. The first-order valence-corrected chi connectivity index (χ1v) is 6.25. The zero-order valence-electron chi connectivity index (χ0n) is 11.0. The van der Waals surface area contributed by atoms with Crippen molar-refractivity contribution in [2.45, 2.75) is 13.3 Å². The van der Waals surface area contributed by atoms with Gasteiger partial charge in [0.25, 0.3) is 0 Å². The van der Waals surface area contributed by atoms with Gasteiger partial charge in [0.05, 0.1) is 11.1 Å². The SMILES string of the molecule is CCC(=O)c1ccc(OC(=O)c2ccccc2)cc1O. The van der Waals surface area contributed by atoms with Crippen molar-refractivity contribution < 1.29 is 19.4 Å². The van der Waals surface area contributed by atoms with Crippen LogP contribution in [0.1, 0.15) is 34.1 Å². The predicted molar refractivity (Wildman–Crippen MR) is 74.1 cm³/mol. The molecule has 0 bridgehead atoms. The van der Waals surface area contributed by atoms with E-state index in [-0.39, 0.29) is 22.8 Å². The summed E-state index contributed by atoms with van der Waals surface area (Å²) in [5.41, 5.74) is 0.646. The van der Waals surface area contributed by atoms with E-state index in [1.165, 1.54) is 18.2 Å². The fraction of sp³-hybridized carbons (Fsp3) is 0.125. The Hall–Kier alpha value is -2.62. The van der Waals surface area contributed by atoms with Crippen molar-refractivity contribution in [3.05, 3.63) is 59.7 Å². The molecule has 0 amide bonds. The van der Waals surface area contributed by atoms with Gasteiger partial charge in [0.2, 0.25) is 0 Å². The second-order valence-electron chi connectivity index (χ2n) is 4.21. The van der Waals surface area contributed by atoms with Crippen LogP contribution in [0.25, 0.3) is 0 Å². The van der Waals surface area contributed by atoms with Crippen molar-refractivity contribution in [1.82, 2.24) is 0 Å². The van der Waals surface area contributed by atoms with E-state index in [1.807, 2.05) is 0 Å². The number of ketones is 1. The lowest BCUT2D eigenvalue weighted by molar-refractivity contribution is 0.0734. The Morgan fingerprint density at radius 1 is 1.10 bits per heavy atom. The van der Waals surface area contributed by atoms with E-state index >= 15 is 0 Å². The number of ether oxygens (including phenoxy) is 1. The molecular formula is C16H14O4. The Balaban J connectivity index is 2.17. The molecule has 20 heavy (non-hydrogen) atoms. The summed E-state index contributed by atoms with van der Waals surface area (Å²) in [6, 6.07) is 12.7. The second kappa shape index (κ2) is 6.02. The summed E-state index contributed by atoms with van der Waals surface area (Å²) in [5, 5.41) is 9.76. The third-order valence-corrected chi connectivity index (χ3v) is 2.81. The molecule has 0 aromatic heterocycles. The Morgan fingerprint density at radius 3 is 2.40 bits per heavy atom. The molecule has 0 aliphatic carbocycles. The normalized spacial score (nSPS) is 10.1. The van der Waals surface area contributed by atoms with Gasteiger partial charge in [0, 0.05) is 12.5 Å². The van der Waals surface area contributed by atoms with E-state index in [9.17, 15) is 14.7 Å². The average molecular weight is 270 g/mol. The van der Waals surface area contributed by atoms with Crippen molar-refractivity contribution in [2.24, 2.45) is 0 Å². The maximum atomic E-state index is 11.8. The smallest absolute Gasteiger partial charge is 0.343 e. The highest BCUT2D eigenvalue weighted by Gasteiger charge is 2.12.